The number of ether oxygens (including phenoxy) is 2. The van der Waals surface area contributed by atoms with Gasteiger partial charge >= 0.3 is 0 Å². The first-order valence-electron chi connectivity index (χ1n) is 11.1. The van der Waals surface area contributed by atoms with Crippen LogP contribution in [-0.4, -0.2) is 62.8 Å². The average molecular weight is 439 g/mol. The van der Waals surface area contributed by atoms with Crippen LogP contribution in [0.5, 0.6) is 5.75 Å². The topological polar surface area (TPSA) is 75.2 Å². The van der Waals surface area contributed by atoms with Crippen LogP contribution in [0.1, 0.15) is 35.3 Å². The van der Waals surface area contributed by atoms with Crippen molar-refractivity contribution < 1.29 is 14.3 Å². The van der Waals surface area contributed by atoms with E-state index in [4.69, 9.17) is 9.47 Å². The van der Waals surface area contributed by atoms with Gasteiger partial charge in [0.1, 0.15) is 5.75 Å². The zero-order chi connectivity index (χ0) is 22.9. The maximum absolute atomic E-state index is 12.8. The molecule has 1 aliphatic rings. The van der Waals surface area contributed by atoms with Gasteiger partial charge in [-0.1, -0.05) is 30.3 Å². The van der Waals surface area contributed by atoms with Crippen LogP contribution >= 0.6 is 0 Å². The van der Waals surface area contributed by atoms with E-state index < -0.39 is 0 Å². The summed E-state index contributed by atoms with van der Waals surface area (Å²) >= 11 is 0. The van der Waals surface area contributed by atoms with Crippen LogP contribution in [0.2, 0.25) is 0 Å². The second-order valence-corrected chi connectivity index (χ2v) is 8.08. The lowest BCUT2D eigenvalue weighted by Crippen LogP contribution is -2.48. The van der Waals surface area contributed by atoms with Crippen LogP contribution in [0.15, 0.2) is 53.5 Å². The van der Waals surface area contributed by atoms with E-state index in [9.17, 15) is 4.79 Å². The molecular formula is C25H34N4O3. The Balaban J connectivity index is 1.47. The molecule has 7 nitrogen and oxygen atoms in total. The minimum atomic E-state index is 0.0559. The quantitative estimate of drug-likeness (QED) is 0.514. The first kappa shape index (κ1) is 23.6. The number of rotatable bonds is 7. The predicted octanol–water partition coefficient (Wildman–Crippen LogP) is 2.85. The van der Waals surface area contributed by atoms with Crippen molar-refractivity contribution in [3.05, 3.63) is 65.2 Å². The van der Waals surface area contributed by atoms with Gasteiger partial charge in [-0.2, -0.15) is 0 Å². The van der Waals surface area contributed by atoms with Crippen molar-refractivity contribution >= 4 is 11.9 Å². The molecule has 172 valence electrons. The normalized spacial score (nSPS) is 18.9. The Labute approximate surface area is 190 Å². The summed E-state index contributed by atoms with van der Waals surface area (Å²) in [6, 6.07) is 15.8. The molecule has 1 amide bonds. The van der Waals surface area contributed by atoms with Crippen molar-refractivity contribution in [3.63, 3.8) is 0 Å². The number of aliphatic imine (C=N–C) groups is 1. The summed E-state index contributed by atoms with van der Waals surface area (Å²) in [5.41, 5.74) is 2.94. The number of benzene rings is 2. The molecule has 0 aliphatic carbocycles. The van der Waals surface area contributed by atoms with E-state index in [0.717, 1.165) is 35.8 Å². The summed E-state index contributed by atoms with van der Waals surface area (Å²) in [4.78, 5) is 19.0. The van der Waals surface area contributed by atoms with Gasteiger partial charge in [0.05, 0.1) is 19.3 Å². The number of amides is 1. The Morgan fingerprint density at radius 1 is 1.09 bits per heavy atom. The molecule has 0 radical (unpaired) electrons. The molecule has 3 rings (SSSR count). The molecule has 2 aromatic rings. The van der Waals surface area contributed by atoms with Crippen molar-refractivity contribution in [2.75, 3.05) is 33.8 Å². The largest absolute Gasteiger partial charge is 0.496 e. The summed E-state index contributed by atoms with van der Waals surface area (Å²) in [6.07, 6.45) is 0.960. The van der Waals surface area contributed by atoms with E-state index in [0.29, 0.717) is 25.2 Å². The smallest absolute Gasteiger partial charge is 0.254 e. The molecule has 0 aromatic heterocycles. The third kappa shape index (κ3) is 6.47. The van der Waals surface area contributed by atoms with E-state index in [-0.39, 0.29) is 18.1 Å². The number of hydrogen-bond acceptors (Lipinski definition) is 4. The lowest BCUT2D eigenvalue weighted by Gasteiger charge is -2.35. The molecule has 2 atom stereocenters. The Kier molecular flexibility index (Phi) is 8.50. The molecule has 0 bridgehead atoms. The third-order valence-electron chi connectivity index (χ3n) is 5.47. The summed E-state index contributed by atoms with van der Waals surface area (Å²) in [7, 11) is 3.44. The van der Waals surface area contributed by atoms with Crippen LogP contribution < -0.4 is 15.4 Å². The van der Waals surface area contributed by atoms with Gasteiger partial charge in [-0.05, 0) is 49.6 Å². The molecule has 1 fully saturated rings. The molecule has 0 saturated carbocycles. The Morgan fingerprint density at radius 3 is 2.44 bits per heavy atom. The fraction of sp³-hybridized carbons (Fsp3) is 0.440. The molecule has 1 heterocycles. The molecule has 2 aromatic carbocycles. The highest BCUT2D eigenvalue weighted by atomic mass is 16.5. The highest BCUT2D eigenvalue weighted by Gasteiger charge is 2.26. The van der Waals surface area contributed by atoms with Crippen molar-refractivity contribution in [2.24, 2.45) is 4.99 Å². The highest BCUT2D eigenvalue weighted by molar-refractivity contribution is 5.94. The third-order valence-corrected chi connectivity index (χ3v) is 5.47. The number of carbonyl (C=O) groups is 1. The van der Waals surface area contributed by atoms with Gasteiger partial charge in [-0.15, -0.1) is 0 Å². The van der Waals surface area contributed by atoms with Crippen LogP contribution in [0.3, 0.4) is 0 Å². The standard InChI is InChI=1S/C25H34N4O3/c1-18-16-29(17-19(2)32-18)24(30)22-11-9-20(10-12-22)15-28-25(26-3)27-14-13-21-7-5-6-8-23(21)31-4/h5-12,18-19H,13-17H2,1-4H3,(H2,26,27,28). The summed E-state index contributed by atoms with van der Waals surface area (Å²) in [5, 5.41) is 6.65. The first-order valence-corrected chi connectivity index (χ1v) is 11.1. The second-order valence-electron chi connectivity index (χ2n) is 8.08. The summed E-state index contributed by atoms with van der Waals surface area (Å²) in [6.45, 7) is 6.62. The molecule has 2 N–H and O–H groups in total. The fourth-order valence-corrected chi connectivity index (χ4v) is 3.92. The molecule has 0 spiro atoms. The van der Waals surface area contributed by atoms with Gasteiger partial charge < -0.3 is 25.0 Å². The van der Waals surface area contributed by atoms with E-state index in [1.807, 2.05) is 61.2 Å². The molecule has 32 heavy (non-hydrogen) atoms. The maximum Gasteiger partial charge on any atom is 0.254 e. The number of hydrogen-bond donors (Lipinski definition) is 2. The van der Waals surface area contributed by atoms with Gasteiger partial charge in [0.2, 0.25) is 0 Å². The maximum atomic E-state index is 12.8. The molecule has 2 unspecified atom stereocenters. The average Bonchev–Trinajstić information content (AvgIpc) is 2.80. The summed E-state index contributed by atoms with van der Waals surface area (Å²) < 4.78 is 11.1. The zero-order valence-electron chi connectivity index (χ0n) is 19.4. The molecule has 7 heteroatoms. The summed E-state index contributed by atoms with van der Waals surface area (Å²) in [5.74, 6) is 1.68. The zero-order valence-corrected chi connectivity index (χ0v) is 19.4. The SMILES string of the molecule is CN=C(NCCc1ccccc1OC)NCc1ccc(C(=O)N2CC(C)OC(C)C2)cc1. The van der Waals surface area contributed by atoms with E-state index >= 15 is 0 Å². The van der Waals surface area contributed by atoms with E-state index in [1.54, 1.807) is 14.2 Å². The van der Waals surface area contributed by atoms with Gasteiger partial charge in [0, 0.05) is 38.8 Å². The first-order chi connectivity index (χ1) is 15.5. The van der Waals surface area contributed by atoms with Crippen LogP contribution in [0, 0.1) is 0 Å². The van der Waals surface area contributed by atoms with Gasteiger partial charge in [-0.25, -0.2) is 0 Å². The van der Waals surface area contributed by atoms with Crippen molar-refractivity contribution in [1.82, 2.24) is 15.5 Å². The van der Waals surface area contributed by atoms with Crippen LogP contribution in [0.4, 0.5) is 0 Å². The lowest BCUT2D eigenvalue weighted by atomic mass is 10.1. The van der Waals surface area contributed by atoms with Crippen molar-refractivity contribution in [3.8, 4) is 5.75 Å². The number of nitrogens with one attached hydrogen (secondary N) is 2. The molecular weight excluding hydrogens is 404 g/mol. The minimum Gasteiger partial charge on any atom is -0.496 e. The van der Waals surface area contributed by atoms with Gasteiger partial charge in [-0.3, -0.25) is 9.79 Å². The van der Waals surface area contributed by atoms with Crippen molar-refractivity contribution in [2.45, 2.75) is 39.0 Å². The lowest BCUT2D eigenvalue weighted by molar-refractivity contribution is -0.0586. The van der Waals surface area contributed by atoms with E-state index in [2.05, 4.69) is 21.7 Å². The van der Waals surface area contributed by atoms with Gasteiger partial charge in [0.15, 0.2) is 5.96 Å². The van der Waals surface area contributed by atoms with Crippen LogP contribution in [0.25, 0.3) is 0 Å². The molecule has 1 saturated heterocycles. The fourth-order valence-electron chi connectivity index (χ4n) is 3.92. The number of morpholine rings is 1. The van der Waals surface area contributed by atoms with Gasteiger partial charge in [0.25, 0.3) is 5.91 Å². The number of carbonyl (C=O) groups excluding carboxylic acids is 1. The Morgan fingerprint density at radius 2 is 1.78 bits per heavy atom. The number of nitrogens with zero attached hydrogens (tertiary/aromatic N) is 2. The highest BCUT2D eigenvalue weighted by Crippen LogP contribution is 2.17. The number of guanidine groups is 1. The van der Waals surface area contributed by atoms with E-state index in [1.165, 1.54) is 0 Å². The van der Waals surface area contributed by atoms with Crippen molar-refractivity contribution in [1.29, 1.82) is 0 Å². The monoisotopic (exact) mass is 438 g/mol. The van der Waals surface area contributed by atoms with Crippen LogP contribution in [-0.2, 0) is 17.7 Å². The second kappa shape index (κ2) is 11.5. The Hall–Kier alpha value is -3.06. The number of methoxy groups -OCH3 is 1. The predicted molar refractivity (Wildman–Crippen MR) is 127 cm³/mol. The number of para-hydroxylation sites is 1. The Bertz CT molecular complexity index is 904. The molecule has 1 aliphatic heterocycles. The minimum absolute atomic E-state index is 0.0559.